The van der Waals surface area contributed by atoms with Crippen molar-refractivity contribution in [1.82, 2.24) is 5.32 Å². The van der Waals surface area contributed by atoms with Crippen molar-refractivity contribution in [3.63, 3.8) is 0 Å². The van der Waals surface area contributed by atoms with E-state index < -0.39 is 12.0 Å². The van der Waals surface area contributed by atoms with E-state index in [0.717, 1.165) is 0 Å². The number of amides is 1. The normalized spacial score (nSPS) is 26.0. The van der Waals surface area contributed by atoms with Gasteiger partial charge in [0.15, 0.2) is 0 Å². The van der Waals surface area contributed by atoms with Crippen molar-refractivity contribution in [2.75, 3.05) is 0 Å². The summed E-state index contributed by atoms with van der Waals surface area (Å²) in [7, 11) is 0. The van der Waals surface area contributed by atoms with Crippen LogP contribution in [0.15, 0.2) is 0 Å². The predicted molar refractivity (Wildman–Crippen MR) is 21.6 cm³/mol. The summed E-state index contributed by atoms with van der Waals surface area (Å²) in [5.74, 6) is -1.43. The largest absolute Gasteiger partial charge is 0.548 e. The van der Waals surface area contributed by atoms with Gasteiger partial charge < -0.3 is 15.2 Å². The number of aliphatic carboxylic acids is 1. The Morgan fingerprint density at radius 2 is 2.38 bits per heavy atom. The smallest absolute Gasteiger partial charge is 0.222 e. The van der Waals surface area contributed by atoms with Gasteiger partial charge in [-0.15, -0.1) is 0 Å². The average molecular weight is 114 g/mol. The van der Waals surface area contributed by atoms with Crippen LogP contribution in [0, 0.1) is 0 Å². The molecular formula is C4H4NO3-. The molecule has 0 spiro atoms. The molecule has 0 aromatic heterocycles. The van der Waals surface area contributed by atoms with Gasteiger partial charge in [0.05, 0.1) is 18.4 Å². The highest BCUT2D eigenvalue weighted by Gasteiger charge is 2.25. The first-order chi connectivity index (χ1) is 3.70. The van der Waals surface area contributed by atoms with Crippen LogP contribution in [0.2, 0.25) is 0 Å². The second-order valence-corrected chi connectivity index (χ2v) is 1.64. The third kappa shape index (κ3) is 0.641. The van der Waals surface area contributed by atoms with Gasteiger partial charge in [-0.2, -0.15) is 0 Å². The van der Waals surface area contributed by atoms with E-state index in [1.807, 2.05) is 0 Å². The van der Waals surface area contributed by atoms with Crippen molar-refractivity contribution in [3.05, 3.63) is 0 Å². The molecule has 4 nitrogen and oxygen atoms in total. The molecule has 44 valence electrons. The standard InChI is InChI=1S/C4H5NO3/c6-3-1-2(5-3)4(7)8/h2H,1H2,(H,5,6)(H,7,8)/p-1/t2-/m0/s1. The fourth-order valence-electron chi connectivity index (χ4n) is 0.501. The van der Waals surface area contributed by atoms with Crippen molar-refractivity contribution >= 4 is 11.9 Å². The predicted octanol–water partition coefficient (Wildman–Crippen LogP) is -2.38. The maximum absolute atomic E-state index is 10.0. The van der Waals surface area contributed by atoms with E-state index in [1.54, 1.807) is 0 Å². The Morgan fingerprint density at radius 3 is 2.50 bits per heavy atom. The summed E-state index contributed by atoms with van der Waals surface area (Å²) in [4.78, 5) is 19.8. The molecule has 0 radical (unpaired) electrons. The van der Waals surface area contributed by atoms with E-state index in [1.165, 1.54) is 0 Å². The summed E-state index contributed by atoms with van der Waals surface area (Å²) in [6, 6.07) is -0.734. The number of nitrogens with one attached hydrogen (secondary N) is 1. The highest BCUT2D eigenvalue weighted by molar-refractivity contribution is 5.93. The molecule has 0 unspecified atom stereocenters. The van der Waals surface area contributed by atoms with Gasteiger partial charge in [-0.25, -0.2) is 0 Å². The number of hydrogen-bond acceptors (Lipinski definition) is 3. The zero-order valence-electron chi connectivity index (χ0n) is 4.01. The van der Waals surface area contributed by atoms with Gasteiger partial charge in [0.25, 0.3) is 0 Å². The molecule has 1 fully saturated rings. The average Bonchev–Trinajstić information content (AvgIpc) is 1.57. The number of carbonyl (C=O) groups excluding carboxylic acids is 2. The van der Waals surface area contributed by atoms with Gasteiger partial charge in [0.1, 0.15) is 0 Å². The monoisotopic (exact) mass is 114 g/mol. The van der Waals surface area contributed by atoms with E-state index >= 15 is 0 Å². The molecule has 1 rings (SSSR count). The molecule has 0 saturated carbocycles. The van der Waals surface area contributed by atoms with Gasteiger partial charge in [-0.3, -0.25) is 4.79 Å². The Kier molecular flexibility index (Phi) is 0.932. The van der Waals surface area contributed by atoms with Crippen LogP contribution in [0.1, 0.15) is 6.42 Å². The number of carboxylic acids is 1. The van der Waals surface area contributed by atoms with Crippen LogP contribution >= 0.6 is 0 Å². The highest BCUT2D eigenvalue weighted by Crippen LogP contribution is 2.00. The van der Waals surface area contributed by atoms with Crippen molar-refractivity contribution in [2.24, 2.45) is 0 Å². The van der Waals surface area contributed by atoms with Crippen LogP contribution < -0.4 is 10.4 Å². The molecule has 0 aromatic carbocycles. The van der Waals surface area contributed by atoms with Crippen LogP contribution in [-0.2, 0) is 9.59 Å². The minimum atomic E-state index is -1.20. The lowest BCUT2D eigenvalue weighted by Crippen LogP contribution is -2.57. The summed E-state index contributed by atoms with van der Waals surface area (Å²) >= 11 is 0. The van der Waals surface area contributed by atoms with Crippen LogP contribution in [0.4, 0.5) is 0 Å². The molecule has 0 aliphatic carbocycles. The first-order valence-electron chi connectivity index (χ1n) is 2.20. The maximum Gasteiger partial charge on any atom is 0.222 e. The van der Waals surface area contributed by atoms with E-state index in [0.29, 0.717) is 0 Å². The number of carbonyl (C=O) groups is 2. The first kappa shape index (κ1) is 5.08. The van der Waals surface area contributed by atoms with Crippen molar-refractivity contribution in [2.45, 2.75) is 12.5 Å². The molecule has 8 heavy (non-hydrogen) atoms. The lowest BCUT2D eigenvalue weighted by Gasteiger charge is -2.27. The summed E-state index contributed by atoms with van der Waals surface area (Å²) in [5.41, 5.74) is 0. The molecular weight excluding hydrogens is 110 g/mol. The molecule has 4 heteroatoms. The third-order valence-corrected chi connectivity index (χ3v) is 1.01. The summed E-state index contributed by atoms with van der Waals surface area (Å²) in [6.45, 7) is 0. The first-order valence-corrected chi connectivity index (χ1v) is 2.20. The molecule has 1 amide bonds. The Labute approximate surface area is 45.5 Å². The summed E-state index contributed by atoms with van der Waals surface area (Å²) in [5, 5.41) is 11.9. The summed E-state index contributed by atoms with van der Waals surface area (Å²) in [6.07, 6.45) is 0.0718. The van der Waals surface area contributed by atoms with E-state index in [4.69, 9.17) is 0 Å². The SMILES string of the molecule is O=C1C[C@@H](C(=O)[O-])N1. The Morgan fingerprint density at radius 1 is 1.88 bits per heavy atom. The zero-order chi connectivity index (χ0) is 6.15. The maximum atomic E-state index is 10.0. The number of carboxylic acid groups (broad SMARTS) is 1. The molecule has 0 bridgehead atoms. The van der Waals surface area contributed by atoms with Crippen molar-refractivity contribution in [3.8, 4) is 0 Å². The van der Waals surface area contributed by atoms with Crippen LogP contribution in [-0.4, -0.2) is 17.9 Å². The van der Waals surface area contributed by atoms with Crippen molar-refractivity contribution in [1.29, 1.82) is 0 Å². The lowest BCUT2D eigenvalue weighted by molar-refractivity contribution is -0.309. The van der Waals surface area contributed by atoms with E-state index in [-0.39, 0.29) is 12.3 Å². The van der Waals surface area contributed by atoms with E-state index in [9.17, 15) is 14.7 Å². The molecule has 1 heterocycles. The fourth-order valence-corrected chi connectivity index (χ4v) is 0.501. The van der Waals surface area contributed by atoms with Gasteiger partial charge >= 0.3 is 0 Å². The van der Waals surface area contributed by atoms with Crippen LogP contribution in [0.5, 0.6) is 0 Å². The van der Waals surface area contributed by atoms with Gasteiger partial charge in [0, 0.05) is 0 Å². The van der Waals surface area contributed by atoms with Crippen LogP contribution in [0.3, 0.4) is 0 Å². The third-order valence-electron chi connectivity index (χ3n) is 1.01. The number of β-lactam (4-membered cyclic amide) rings is 1. The quantitative estimate of drug-likeness (QED) is 0.387. The van der Waals surface area contributed by atoms with Gasteiger partial charge in [-0.05, 0) is 0 Å². The minimum Gasteiger partial charge on any atom is -0.548 e. The van der Waals surface area contributed by atoms with E-state index in [2.05, 4.69) is 5.32 Å². The lowest BCUT2D eigenvalue weighted by atomic mass is 10.1. The Bertz CT molecular complexity index is 134. The molecule has 1 atom stereocenters. The van der Waals surface area contributed by atoms with Gasteiger partial charge in [0.2, 0.25) is 5.91 Å². The molecule has 1 aliphatic rings. The van der Waals surface area contributed by atoms with Crippen LogP contribution in [0.25, 0.3) is 0 Å². The molecule has 1 N–H and O–H groups in total. The molecule has 1 saturated heterocycles. The Hall–Kier alpha value is -1.06. The second kappa shape index (κ2) is 1.47. The second-order valence-electron chi connectivity index (χ2n) is 1.64. The molecule has 1 aliphatic heterocycles. The number of rotatable bonds is 1. The zero-order valence-corrected chi connectivity index (χ0v) is 4.01. The topological polar surface area (TPSA) is 69.2 Å². The van der Waals surface area contributed by atoms with Crippen molar-refractivity contribution < 1.29 is 14.7 Å². The molecule has 0 aromatic rings. The minimum absolute atomic E-state index is 0.0718. The van der Waals surface area contributed by atoms with Gasteiger partial charge in [-0.1, -0.05) is 0 Å². The highest BCUT2D eigenvalue weighted by atomic mass is 16.4. The fraction of sp³-hybridized carbons (Fsp3) is 0.500. The summed E-state index contributed by atoms with van der Waals surface area (Å²) < 4.78 is 0. The Balaban J connectivity index is 2.35. The number of hydrogen-bond donors (Lipinski definition) is 1.